The maximum absolute atomic E-state index is 13.4. The van der Waals surface area contributed by atoms with Crippen LogP contribution in [-0.2, 0) is 26.2 Å². The van der Waals surface area contributed by atoms with Crippen molar-refractivity contribution in [3.63, 3.8) is 0 Å². The van der Waals surface area contributed by atoms with Gasteiger partial charge in [0.2, 0.25) is 21.8 Å². The lowest BCUT2D eigenvalue weighted by molar-refractivity contribution is -0.141. The van der Waals surface area contributed by atoms with Crippen LogP contribution >= 0.6 is 0 Å². The van der Waals surface area contributed by atoms with Crippen LogP contribution in [0.3, 0.4) is 0 Å². The van der Waals surface area contributed by atoms with Gasteiger partial charge < -0.3 is 15.0 Å². The highest BCUT2D eigenvalue weighted by Crippen LogP contribution is 2.24. The van der Waals surface area contributed by atoms with Crippen LogP contribution in [0.1, 0.15) is 51.7 Å². The number of aryl methyl sites for hydroxylation is 1. The van der Waals surface area contributed by atoms with Crippen molar-refractivity contribution in [2.24, 2.45) is 0 Å². The number of hydrogen-bond acceptors (Lipinski definition) is 5. The molecule has 0 radical (unpaired) electrons. The van der Waals surface area contributed by atoms with Gasteiger partial charge in [0.15, 0.2) is 0 Å². The second-order valence-corrected chi connectivity index (χ2v) is 12.0. The first-order valence-electron chi connectivity index (χ1n) is 12.0. The second-order valence-electron chi connectivity index (χ2n) is 10.1. The molecule has 8 nitrogen and oxygen atoms in total. The number of hydrogen-bond donors (Lipinski definition) is 1. The summed E-state index contributed by atoms with van der Waals surface area (Å²) >= 11 is 0. The lowest BCUT2D eigenvalue weighted by Crippen LogP contribution is -2.52. The molecule has 9 heteroatoms. The van der Waals surface area contributed by atoms with Crippen molar-refractivity contribution >= 4 is 27.5 Å². The first-order chi connectivity index (χ1) is 16.7. The minimum absolute atomic E-state index is 0.0922. The molecule has 0 aliphatic heterocycles. The van der Waals surface area contributed by atoms with Gasteiger partial charge in [-0.15, -0.1) is 0 Å². The zero-order valence-corrected chi connectivity index (χ0v) is 23.2. The third-order valence-electron chi connectivity index (χ3n) is 5.59. The van der Waals surface area contributed by atoms with Gasteiger partial charge in [-0.1, -0.05) is 35.9 Å². The lowest BCUT2D eigenvalue weighted by atomic mass is 10.1. The van der Waals surface area contributed by atoms with Gasteiger partial charge >= 0.3 is 0 Å². The van der Waals surface area contributed by atoms with Crippen LogP contribution in [0, 0.1) is 6.92 Å². The van der Waals surface area contributed by atoms with Gasteiger partial charge in [-0.05, 0) is 58.7 Å². The second kappa shape index (κ2) is 12.3. The number of nitrogens with zero attached hydrogens (tertiary/aromatic N) is 2. The van der Waals surface area contributed by atoms with Crippen LogP contribution in [0.5, 0.6) is 5.75 Å². The number of sulfonamides is 1. The Morgan fingerprint density at radius 2 is 1.75 bits per heavy atom. The minimum Gasteiger partial charge on any atom is -0.497 e. The molecule has 1 unspecified atom stereocenters. The van der Waals surface area contributed by atoms with E-state index in [1.165, 1.54) is 11.4 Å². The number of carbonyl (C=O) groups excluding carboxylic acids is 2. The Balaban J connectivity index is 2.20. The van der Waals surface area contributed by atoms with Crippen LogP contribution in [0.4, 0.5) is 5.69 Å². The molecule has 0 heterocycles. The summed E-state index contributed by atoms with van der Waals surface area (Å²) in [5, 5.41) is 2.95. The number of rotatable bonds is 11. The van der Waals surface area contributed by atoms with E-state index in [0.717, 1.165) is 17.4 Å². The highest BCUT2D eigenvalue weighted by atomic mass is 32.2. The largest absolute Gasteiger partial charge is 0.497 e. The Morgan fingerprint density at radius 1 is 1.08 bits per heavy atom. The molecule has 0 aromatic heterocycles. The predicted octanol–water partition coefficient (Wildman–Crippen LogP) is 3.88. The van der Waals surface area contributed by atoms with Gasteiger partial charge in [-0.3, -0.25) is 13.9 Å². The number of benzene rings is 2. The van der Waals surface area contributed by atoms with E-state index >= 15 is 0 Å². The summed E-state index contributed by atoms with van der Waals surface area (Å²) in [5.41, 5.74) is 2.02. The molecule has 198 valence electrons. The molecule has 1 atom stereocenters. The van der Waals surface area contributed by atoms with Crippen molar-refractivity contribution in [3.8, 4) is 5.75 Å². The van der Waals surface area contributed by atoms with E-state index in [2.05, 4.69) is 5.32 Å². The summed E-state index contributed by atoms with van der Waals surface area (Å²) in [6.07, 6.45) is 1.52. The zero-order valence-electron chi connectivity index (χ0n) is 22.4. The molecule has 0 aliphatic carbocycles. The van der Waals surface area contributed by atoms with Gasteiger partial charge in [-0.25, -0.2) is 8.42 Å². The minimum atomic E-state index is -3.58. The smallest absolute Gasteiger partial charge is 0.242 e. The summed E-state index contributed by atoms with van der Waals surface area (Å²) < 4.78 is 31.4. The normalized spacial score (nSPS) is 12.5. The quantitative estimate of drug-likeness (QED) is 0.488. The molecule has 2 aromatic carbocycles. The van der Waals surface area contributed by atoms with Gasteiger partial charge in [-0.2, -0.15) is 0 Å². The van der Waals surface area contributed by atoms with Crippen LogP contribution in [-0.4, -0.2) is 56.6 Å². The Hall–Kier alpha value is -3.07. The maximum Gasteiger partial charge on any atom is 0.242 e. The number of nitrogens with one attached hydrogen (secondary N) is 1. The number of methoxy groups -OCH3 is 1. The monoisotopic (exact) mass is 517 g/mol. The molecule has 0 spiro atoms. The van der Waals surface area contributed by atoms with Gasteiger partial charge in [0.25, 0.3) is 0 Å². The van der Waals surface area contributed by atoms with E-state index < -0.39 is 21.6 Å². The fraction of sp³-hybridized carbons (Fsp3) is 0.481. The number of amides is 2. The van der Waals surface area contributed by atoms with Gasteiger partial charge in [0.1, 0.15) is 11.8 Å². The molecular weight excluding hydrogens is 478 g/mol. The first-order valence-corrected chi connectivity index (χ1v) is 13.8. The lowest BCUT2D eigenvalue weighted by Gasteiger charge is -2.32. The van der Waals surface area contributed by atoms with Crippen molar-refractivity contribution in [1.82, 2.24) is 10.2 Å². The Bertz CT molecular complexity index is 1160. The van der Waals surface area contributed by atoms with Crippen molar-refractivity contribution in [1.29, 1.82) is 0 Å². The molecule has 0 fully saturated rings. The fourth-order valence-electron chi connectivity index (χ4n) is 3.83. The predicted molar refractivity (Wildman–Crippen MR) is 144 cm³/mol. The highest BCUT2D eigenvalue weighted by molar-refractivity contribution is 7.92. The Labute approximate surface area is 215 Å². The molecular formula is C27H39N3O5S. The molecule has 0 bridgehead atoms. The maximum atomic E-state index is 13.4. The summed E-state index contributed by atoms with van der Waals surface area (Å²) in [4.78, 5) is 27.8. The van der Waals surface area contributed by atoms with E-state index in [1.54, 1.807) is 36.1 Å². The van der Waals surface area contributed by atoms with Gasteiger partial charge in [0.05, 0.1) is 19.1 Å². The van der Waals surface area contributed by atoms with Crippen molar-refractivity contribution in [2.75, 3.05) is 24.2 Å². The zero-order chi connectivity index (χ0) is 27.1. The molecule has 2 amide bonds. The van der Waals surface area contributed by atoms with Crippen LogP contribution in [0.25, 0.3) is 0 Å². The first kappa shape index (κ1) is 29.2. The summed E-state index contributed by atoms with van der Waals surface area (Å²) in [5.74, 6) is 0.0880. The summed E-state index contributed by atoms with van der Waals surface area (Å²) in [7, 11) is -2.06. The molecule has 2 rings (SSSR count). The van der Waals surface area contributed by atoms with Crippen molar-refractivity contribution < 1.29 is 22.7 Å². The van der Waals surface area contributed by atoms with E-state index in [-0.39, 0.29) is 31.3 Å². The number of carbonyl (C=O) groups is 2. The van der Waals surface area contributed by atoms with Gasteiger partial charge in [0, 0.05) is 31.1 Å². The Kier molecular flexibility index (Phi) is 9.93. The van der Waals surface area contributed by atoms with Crippen molar-refractivity contribution in [2.45, 2.75) is 65.6 Å². The van der Waals surface area contributed by atoms with E-state index in [9.17, 15) is 18.0 Å². The molecule has 2 aromatic rings. The topological polar surface area (TPSA) is 96.0 Å². The van der Waals surface area contributed by atoms with E-state index in [4.69, 9.17) is 4.74 Å². The standard InChI is InChI=1S/C27H39N3O5S/c1-20-11-8-12-22(17-20)19-29(21(2)26(32)28-27(3,4)5)25(31)15-10-16-30(36(7,33)34)23-13-9-14-24(18-23)35-6/h8-9,11-14,17-18,21H,10,15-16,19H2,1-7H3,(H,28,32). The molecule has 0 saturated heterocycles. The molecule has 1 N–H and O–H groups in total. The van der Waals surface area contributed by atoms with E-state index in [1.807, 2.05) is 52.0 Å². The fourth-order valence-corrected chi connectivity index (χ4v) is 4.79. The average Bonchev–Trinajstić information content (AvgIpc) is 2.77. The van der Waals surface area contributed by atoms with Crippen LogP contribution in [0.2, 0.25) is 0 Å². The Morgan fingerprint density at radius 3 is 2.33 bits per heavy atom. The summed E-state index contributed by atoms with van der Waals surface area (Å²) in [6.45, 7) is 9.77. The SMILES string of the molecule is COc1cccc(N(CCCC(=O)N(Cc2cccc(C)c2)C(C)C(=O)NC(C)(C)C)S(C)(=O)=O)c1. The van der Waals surface area contributed by atoms with Crippen molar-refractivity contribution in [3.05, 3.63) is 59.7 Å². The molecule has 0 saturated carbocycles. The average molecular weight is 518 g/mol. The molecule has 36 heavy (non-hydrogen) atoms. The highest BCUT2D eigenvalue weighted by Gasteiger charge is 2.28. The number of anilines is 1. The third kappa shape index (κ3) is 8.86. The van der Waals surface area contributed by atoms with Crippen LogP contribution < -0.4 is 14.4 Å². The van der Waals surface area contributed by atoms with Crippen LogP contribution in [0.15, 0.2) is 48.5 Å². The summed E-state index contributed by atoms with van der Waals surface area (Å²) in [6, 6.07) is 13.9. The number of ether oxygens (including phenoxy) is 1. The van der Waals surface area contributed by atoms with E-state index in [0.29, 0.717) is 17.9 Å². The third-order valence-corrected chi connectivity index (χ3v) is 6.79. The molecule has 0 aliphatic rings.